The topological polar surface area (TPSA) is 67.8 Å². The van der Waals surface area contributed by atoms with Gasteiger partial charge in [-0.05, 0) is 31.0 Å². The number of nitrogens with zero attached hydrogens (tertiary/aromatic N) is 1. The summed E-state index contributed by atoms with van der Waals surface area (Å²) in [5, 5.41) is 12.0. The number of rotatable bonds is 4. The minimum atomic E-state index is -0.467. The number of hydrogen-bond acceptors (Lipinski definition) is 3. The van der Waals surface area contributed by atoms with Gasteiger partial charge in [0.05, 0.1) is 5.02 Å². The molecule has 0 radical (unpaired) electrons. The van der Waals surface area contributed by atoms with Crippen LogP contribution >= 0.6 is 11.6 Å². The fraction of sp³-hybridized carbons (Fsp3) is 0.364. The highest BCUT2D eigenvalue weighted by molar-refractivity contribution is 6.32. The summed E-state index contributed by atoms with van der Waals surface area (Å²) in [7, 11) is 0. The number of benzene rings is 1. The normalized spacial score (nSPS) is 13.6. The van der Waals surface area contributed by atoms with Crippen molar-refractivity contribution >= 4 is 17.4 Å². The molecule has 0 aromatic heterocycles. The molecule has 0 bridgehead atoms. The van der Waals surface area contributed by atoms with Gasteiger partial charge < -0.3 is 15.7 Å². The molecule has 1 aromatic carbocycles. The van der Waals surface area contributed by atoms with Crippen molar-refractivity contribution in [3.05, 3.63) is 28.8 Å². The lowest BCUT2D eigenvalue weighted by Gasteiger charge is -2.17. The molecule has 16 heavy (non-hydrogen) atoms. The average molecular weight is 243 g/mol. The second-order valence-corrected chi connectivity index (χ2v) is 3.88. The molecule has 0 fully saturated rings. The molecule has 5 heteroatoms. The van der Waals surface area contributed by atoms with Gasteiger partial charge in [0.25, 0.3) is 0 Å². The molecule has 3 N–H and O–H groups in total. The van der Waals surface area contributed by atoms with Crippen molar-refractivity contribution in [2.45, 2.75) is 26.4 Å². The van der Waals surface area contributed by atoms with Crippen LogP contribution < -0.4 is 10.5 Å². The lowest BCUT2D eigenvalue weighted by Crippen LogP contribution is -2.33. The summed E-state index contributed by atoms with van der Waals surface area (Å²) in [6, 6.07) is 5.46. The number of aryl methyl sites for hydroxylation is 1. The summed E-state index contributed by atoms with van der Waals surface area (Å²) in [6.07, 6.45) is 0.130. The van der Waals surface area contributed by atoms with E-state index >= 15 is 0 Å². The summed E-state index contributed by atoms with van der Waals surface area (Å²) in [5.74, 6) is 0.574. The maximum atomic E-state index is 8.58. The maximum Gasteiger partial charge on any atom is 0.180 e. The number of halogens is 1. The van der Waals surface area contributed by atoms with E-state index in [1.807, 2.05) is 19.9 Å². The molecule has 0 saturated carbocycles. The molecule has 0 spiro atoms. The quantitative estimate of drug-likeness (QED) is 0.369. The van der Waals surface area contributed by atoms with Gasteiger partial charge in [-0.1, -0.05) is 29.7 Å². The summed E-state index contributed by atoms with van der Waals surface area (Å²) < 4.78 is 5.55. The van der Waals surface area contributed by atoms with Crippen molar-refractivity contribution in [2.75, 3.05) is 0 Å². The zero-order valence-corrected chi connectivity index (χ0v) is 10.0. The number of hydrogen-bond donors (Lipinski definition) is 2. The van der Waals surface area contributed by atoms with Crippen LogP contribution in [0.2, 0.25) is 5.02 Å². The van der Waals surface area contributed by atoms with Gasteiger partial charge in [-0.2, -0.15) is 0 Å². The van der Waals surface area contributed by atoms with Crippen LogP contribution in [0.5, 0.6) is 5.75 Å². The first-order chi connectivity index (χ1) is 7.58. The van der Waals surface area contributed by atoms with E-state index < -0.39 is 6.10 Å². The molecule has 1 unspecified atom stereocenters. The van der Waals surface area contributed by atoms with Gasteiger partial charge in [0.1, 0.15) is 5.75 Å². The predicted molar refractivity (Wildman–Crippen MR) is 64.3 cm³/mol. The standard InChI is InChI=1S/C11H15ClN2O2/c1-3-9(11(13)14-15)16-10-5-4-7(2)6-8(10)12/h4-6,9,15H,3H2,1-2H3,(H2,13,14). The Morgan fingerprint density at radius 2 is 2.31 bits per heavy atom. The van der Waals surface area contributed by atoms with Gasteiger partial charge in [0.2, 0.25) is 0 Å². The van der Waals surface area contributed by atoms with Crippen LogP contribution in [0.25, 0.3) is 0 Å². The molecular formula is C11H15ClN2O2. The Kier molecular flexibility index (Phi) is 4.43. The van der Waals surface area contributed by atoms with Crippen molar-refractivity contribution in [3.63, 3.8) is 0 Å². The monoisotopic (exact) mass is 242 g/mol. The molecule has 1 aromatic rings. The van der Waals surface area contributed by atoms with Crippen molar-refractivity contribution in [1.29, 1.82) is 0 Å². The van der Waals surface area contributed by atoms with Crippen LogP contribution in [0.4, 0.5) is 0 Å². The van der Waals surface area contributed by atoms with Crippen LogP contribution in [0.3, 0.4) is 0 Å². The van der Waals surface area contributed by atoms with E-state index in [2.05, 4.69) is 5.16 Å². The number of amidine groups is 1. The van der Waals surface area contributed by atoms with E-state index in [1.54, 1.807) is 12.1 Å². The average Bonchev–Trinajstić information content (AvgIpc) is 2.27. The van der Waals surface area contributed by atoms with Gasteiger partial charge in [0.15, 0.2) is 11.9 Å². The van der Waals surface area contributed by atoms with Crippen molar-refractivity contribution in [3.8, 4) is 5.75 Å². The highest BCUT2D eigenvalue weighted by atomic mass is 35.5. The Labute approximate surface area is 99.7 Å². The minimum absolute atomic E-state index is 0.0409. The first kappa shape index (κ1) is 12.6. The molecule has 0 aliphatic carbocycles. The lowest BCUT2D eigenvalue weighted by molar-refractivity contribution is 0.246. The second-order valence-electron chi connectivity index (χ2n) is 3.47. The van der Waals surface area contributed by atoms with Gasteiger partial charge in [-0.3, -0.25) is 0 Å². The van der Waals surface area contributed by atoms with Crippen LogP contribution in [0.15, 0.2) is 23.4 Å². The first-order valence-electron chi connectivity index (χ1n) is 4.98. The SMILES string of the molecule is CCC(Oc1ccc(C)cc1Cl)C(N)=NO. The first-order valence-corrected chi connectivity index (χ1v) is 5.36. The smallest absolute Gasteiger partial charge is 0.180 e. The molecule has 4 nitrogen and oxygen atoms in total. The molecule has 1 atom stereocenters. The zero-order valence-electron chi connectivity index (χ0n) is 9.27. The summed E-state index contributed by atoms with van der Waals surface area (Å²) >= 11 is 6.01. The number of nitrogens with two attached hydrogens (primary N) is 1. The number of oxime groups is 1. The van der Waals surface area contributed by atoms with Gasteiger partial charge in [-0.25, -0.2) is 0 Å². The Hall–Kier alpha value is -1.42. The molecule has 88 valence electrons. The van der Waals surface area contributed by atoms with Crippen LogP contribution in [0, 0.1) is 6.92 Å². The van der Waals surface area contributed by atoms with E-state index in [1.165, 1.54) is 0 Å². The van der Waals surface area contributed by atoms with Crippen molar-refractivity contribution in [1.82, 2.24) is 0 Å². The molecule has 0 heterocycles. The van der Waals surface area contributed by atoms with Gasteiger partial charge in [-0.15, -0.1) is 0 Å². The molecule has 0 aliphatic rings. The van der Waals surface area contributed by atoms with E-state index in [9.17, 15) is 0 Å². The Morgan fingerprint density at radius 1 is 1.62 bits per heavy atom. The maximum absolute atomic E-state index is 8.58. The van der Waals surface area contributed by atoms with Crippen molar-refractivity contribution in [2.24, 2.45) is 10.9 Å². The molecule has 0 amide bonds. The summed E-state index contributed by atoms with van der Waals surface area (Å²) in [4.78, 5) is 0. The third-order valence-electron chi connectivity index (χ3n) is 2.17. The molecule has 1 rings (SSSR count). The predicted octanol–water partition coefficient (Wildman–Crippen LogP) is 2.55. The third-order valence-corrected chi connectivity index (χ3v) is 2.47. The van der Waals surface area contributed by atoms with E-state index in [4.69, 9.17) is 27.3 Å². The van der Waals surface area contributed by atoms with Crippen LogP contribution in [-0.4, -0.2) is 17.1 Å². The van der Waals surface area contributed by atoms with E-state index in [0.717, 1.165) is 5.56 Å². The third kappa shape index (κ3) is 3.03. The zero-order chi connectivity index (χ0) is 12.1. The fourth-order valence-electron chi connectivity index (χ4n) is 1.27. The minimum Gasteiger partial charge on any atom is -0.481 e. The largest absolute Gasteiger partial charge is 0.481 e. The molecular weight excluding hydrogens is 228 g/mol. The highest BCUT2D eigenvalue weighted by Gasteiger charge is 2.15. The Morgan fingerprint density at radius 3 is 2.81 bits per heavy atom. The summed E-state index contributed by atoms with van der Waals surface area (Å²) in [5.41, 5.74) is 6.54. The van der Waals surface area contributed by atoms with Crippen molar-refractivity contribution < 1.29 is 9.94 Å². The Bertz CT molecular complexity index is 394. The van der Waals surface area contributed by atoms with Gasteiger partial charge >= 0.3 is 0 Å². The molecule has 0 saturated heterocycles. The van der Waals surface area contributed by atoms with E-state index in [-0.39, 0.29) is 5.84 Å². The summed E-state index contributed by atoms with van der Waals surface area (Å²) in [6.45, 7) is 3.82. The Balaban J connectivity index is 2.86. The second kappa shape index (κ2) is 5.61. The lowest BCUT2D eigenvalue weighted by atomic mass is 10.2. The van der Waals surface area contributed by atoms with Crippen LogP contribution in [-0.2, 0) is 0 Å². The van der Waals surface area contributed by atoms with Crippen LogP contribution in [0.1, 0.15) is 18.9 Å². The van der Waals surface area contributed by atoms with Gasteiger partial charge in [0, 0.05) is 0 Å². The highest BCUT2D eigenvalue weighted by Crippen LogP contribution is 2.26. The fourth-order valence-corrected chi connectivity index (χ4v) is 1.55. The molecule has 0 aliphatic heterocycles. The number of ether oxygens (including phenoxy) is 1. The van der Waals surface area contributed by atoms with E-state index in [0.29, 0.717) is 17.2 Å².